The zero-order chi connectivity index (χ0) is 20.5. The monoisotopic (exact) mass is 390 g/mol. The summed E-state index contributed by atoms with van der Waals surface area (Å²) in [6.07, 6.45) is 2.76. The summed E-state index contributed by atoms with van der Waals surface area (Å²) in [6.45, 7) is 2.42. The first-order valence-corrected chi connectivity index (χ1v) is 9.05. The summed E-state index contributed by atoms with van der Waals surface area (Å²) in [6, 6.07) is 6.78. The molecule has 1 saturated heterocycles. The van der Waals surface area contributed by atoms with Gasteiger partial charge in [-0.2, -0.15) is 5.10 Å². The SMILES string of the molecule is COCCc1nc(C2CCN(C)CC2)n(-c2ccc(C(=O)O)cc2)n1.O=CO. The summed E-state index contributed by atoms with van der Waals surface area (Å²) in [5.41, 5.74) is 1.11. The van der Waals surface area contributed by atoms with Crippen molar-refractivity contribution in [2.45, 2.75) is 25.2 Å². The Bertz CT molecular complexity index is 767. The number of aromatic carboxylic acids is 1. The summed E-state index contributed by atoms with van der Waals surface area (Å²) in [7, 11) is 3.80. The lowest BCUT2D eigenvalue weighted by Gasteiger charge is -2.28. The number of carboxylic acid groups (broad SMARTS) is 2. The average Bonchev–Trinajstić information content (AvgIpc) is 3.12. The standard InChI is InChI=1S/C18H24N4O3.CH2O2/c1-21-10-7-13(8-11-21)17-19-16(9-12-25-2)20-22(17)15-5-3-14(4-6-15)18(23)24;2-1-3/h3-6,13H,7-12H2,1-2H3,(H,23,24);1H,(H,2,3). The predicted octanol–water partition coefficient (Wildman–Crippen LogP) is 1.66. The van der Waals surface area contributed by atoms with Gasteiger partial charge in [0.05, 0.1) is 17.9 Å². The van der Waals surface area contributed by atoms with Crippen molar-refractivity contribution in [1.82, 2.24) is 19.7 Å². The summed E-state index contributed by atoms with van der Waals surface area (Å²) < 4.78 is 7.01. The van der Waals surface area contributed by atoms with Crippen LogP contribution in [0.4, 0.5) is 0 Å². The molecule has 0 aliphatic carbocycles. The molecule has 2 heterocycles. The molecular formula is C19H26N4O5. The van der Waals surface area contributed by atoms with Crippen molar-refractivity contribution in [1.29, 1.82) is 0 Å². The fraction of sp³-hybridized carbons (Fsp3) is 0.474. The average molecular weight is 390 g/mol. The molecule has 1 aliphatic heterocycles. The summed E-state index contributed by atoms with van der Waals surface area (Å²) in [5.74, 6) is 1.15. The number of hydrogen-bond donors (Lipinski definition) is 2. The van der Waals surface area contributed by atoms with Crippen LogP contribution in [-0.2, 0) is 16.0 Å². The molecule has 9 nitrogen and oxygen atoms in total. The van der Waals surface area contributed by atoms with Crippen LogP contribution in [0.15, 0.2) is 24.3 Å². The van der Waals surface area contributed by atoms with Crippen LogP contribution in [0.3, 0.4) is 0 Å². The van der Waals surface area contributed by atoms with Gasteiger partial charge in [0.1, 0.15) is 5.82 Å². The second kappa shape index (κ2) is 10.5. The number of likely N-dealkylation sites (tertiary alicyclic amines) is 1. The number of nitrogens with zero attached hydrogens (tertiary/aromatic N) is 4. The molecule has 2 N–H and O–H groups in total. The number of methoxy groups -OCH3 is 1. The Morgan fingerprint density at radius 3 is 2.43 bits per heavy atom. The lowest BCUT2D eigenvalue weighted by molar-refractivity contribution is -0.122. The van der Waals surface area contributed by atoms with E-state index in [9.17, 15) is 4.79 Å². The normalized spacial score (nSPS) is 14.9. The van der Waals surface area contributed by atoms with E-state index in [0.29, 0.717) is 18.9 Å². The van der Waals surface area contributed by atoms with Gasteiger partial charge in [-0.25, -0.2) is 14.5 Å². The molecule has 0 unspecified atom stereocenters. The van der Waals surface area contributed by atoms with Gasteiger partial charge >= 0.3 is 5.97 Å². The third-order valence-corrected chi connectivity index (χ3v) is 4.65. The molecule has 1 aromatic carbocycles. The molecule has 2 aromatic rings. The van der Waals surface area contributed by atoms with Crippen molar-refractivity contribution in [3.8, 4) is 5.69 Å². The van der Waals surface area contributed by atoms with Crippen molar-refractivity contribution < 1.29 is 24.5 Å². The third kappa shape index (κ3) is 5.61. The summed E-state index contributed by atoms with van der Waals surface area (Å²) >= 11 is 0. The lowest BCUT2D eigenvalue weighted by Crippen LogP contribution is -2.30. The first-order chi connectivity index (χ1) is 13.5. The maximum atomic E-state index is 11.1. The zero-order valence-corrected chi connectivity index (χ0v) is 16.1. The van der Waals surface area contributed by atoms with E-state index in [0.717, 1.165) is 43.3 Å². The van der Waals surface area contributed by atoms with Crippen LogP contribution in [-0.4, -0.2) is 76.2 Å². The van der Waals surface area contributed by atoms with Gasteiger partial charge in [-0.3, -0.25) is 4.79 Å². The van der Waals surface area contributed by atoms with Crippen LogP contribution < -0.4 is 0 Å². The molecule has 1 aliphatic rings. The molecule has 0 saturated carbocycles. The van der Waals surface area contributed by atoms with Crippen molar-refractivity contribution in [2.75, 3.05) is 33.9 Å². The zero-order valence-electron chi connectivity index (χ0n) is 16.1. The minimum atomic E-state index is -0.929. The Morgan fingerprint density at radius 1 is 1.29 bits per heavy atom. The van der Waals surface area contributed by atoms with Gasteiger partial charge in [0.2, 0.25) is 0 Å². The van der Waals surface area contributed by atoms with E-state index in [1.54, 1.807) is 31.4 Å². The number of piperidine rings is 1. The van der Waals surface area contributed by atoms with Crippen LogP contribution in [0.25, 0.3) is 5.69 Å². The van der Waals surface area contributed by atoms with Crippen molar-refractivity contribution >= 4 is 12.4 Å². The van der Waals surface area contributed by atoms with Crippen LogP contribution >= 0.6 is 0 Å². The van der Waals surface area contributed by atoms with Gasteiger partial charge in [-0.05, 0) is 57.2 Å². The van der Waals surface area contributed by atoms with Gasteiger partial charge in [-0.15, -0.1) is 0 Å². The smallest absolute Gasteiger partial charge is 0.335 e. The molecule has 3 rings (SSSR count). The number of ether oxygens (including phenoxy) is 1. The molecule has 1 aromatic heterocycles. The summed E-state index contributed by atoms with van der Waals surface area (Å²) in [5, 5.41) is 20.6. The fourth-order valence-corrected chi connectivity index (χ4v) is 3.13. The Balaban J connectivity index is 0.000000878. The van der Waals surface area contributed by atoms with E-state index in [1.807, 2.05) is 4.68 Å². The lowest BCUT2D eigenvalue weighted by atomic mass is 9.96. The Kier molecular flexibility index (Phi) is 8.09. The number of carbonyl (C=O) groups is 2. The van der Waals surface area contributed by atoms with E-state index in [1.165, 1.54) is 0 Å². The number of aromatic nitrogens is 3. The number of carboxylic acids is 1. The first kappa shape index (κ1) is 21.5. The largest absolute Gasteiger partial charge is 0.483 e. The third-order valence-electron chi connectivity index (χ3n) is 4.65. The highest BCUT2D eigenvalue weighted by Crippen LogP contribution is 2.28. The van der Waals surface area contributed by atoms with Gasteiger partial charge in [0.15, 0.2) is 5.82 Å². The topological polar surface area (TPSA) is 118 Å². The minimum absolute atomic E-state index is 0.250. The van der Waals surface area contributed by atoms with Gasteiger partial charge < -0.3 is 19.8 Å². The minimum Gasteiger partial charge on any atom is -0.483 e. The molecular weight excluding hydrogens is 364 g/mol. The van der Waals surface area contributed by atoms with Gasteiger partial charge in [-0.1, -0.05) is 0 Å². The van der Waals surface area contributed by atoms with E-state index in [2.05, 4.69) is 17.0 Å². The fourth-order valence-electron chi connectivity index (χ4n) is 3.13. The molecule has 0 amide bonds. The number of rotatable bonds is 6. The van der Waals surface area contributed by atoms with Crippen LogP contribution in [0.5, 0.6) is 0 Å². The molecule has 28 heavy (non-hydrogen) atoms. The second-order valence-electron chi connectivity index (χ2n) is 6.58. The second-order valence-corrected chi connectivity index (χ2v) is 6.58. The van der Waals surface area contributed by atoms with E-state index in [-0.39, 0.29) is 12.0 Å². The van der Waals surface area contributed by atoms with Crippen LogP contribution in [0.2, 0.25) is 0 Å². The molecule has 9 heteroatoms. The highest BCUT2D eigenvalue weighted by molar-refractivity contribution is 5.87. The highest BCUT2D eigenvalue weighted by atomic mass is 16.5. The van der Waals surface area contributed by atoms with Crippen molar-refractivity contribution in [2.24, 2.45) is 0 Å². The number of hydrogen-bond acceptors (Lipinski definition) is 6. The van der Waals surface area contributed by atoms with Crippen molar-refractivity contribution in [3.63, 3.8) is 0 Å². The molecule has 0 spiro atoms. The Morgan fingerprint density at radius 2 is 1.89 bits per heavy atom. The van der Waals surface area contributed by atoms with E-state index >= 15 is 0 Å². The maximum Gasteiger partial charge on any atom is 0.335 e. The van der Waals surface area contributed by atoms with E-state index in [4.69, 9.17) is 24.7 Å². The molecule has 0 atom stereocenters. The quantitative estimate of drug-likeness (QED) is 0.715. The molecule has 152 valence electrons. The van der Waals surface area contributed by atoms with Crippen LogP contribution in [0.1, 0.15) is 40.8 Å². The number of benzene rings is 1. The van der Waals surface area contributed by atoms with Crippen LogP contribution in [0, 0.1) is 0 Å². The highest BCUT2D eigenvalue weighted by Gasteiger charge is 2.25. The molecule has 0 radical (unpaired) electrons. The van der Waals surface area contributed by atoms with Crippen molar-refractivity contribution in [3.05, 3.63) is 41.5 Å². The molecule has 0 bridgehead atoms. The van der Waals surface area contributed by atoms with Gasteiger partial charge in [0, 0.05) is 19.4 Å². The Hall–Kier alpha value is -2.78. The predicted molar refractivity (Wildman–Crippen MR) is 102 cm³/mol. The summed E-state index contributed by atoms with van der Waals surface area (Å²) in [4.78, 5) is 26.5. The van der Waals surface area contributed by atoms with E-state index < -0.39 is 5.97 Å². The molecule has 1 fully saturated rings. The van der Waals surface area contributed by atoms with Gasteiger partial charge in [0.25, 0.3) is 6.47 Å². The Labute approximate surface area is 163 Å². The maximum absolute atomic E-state index is 11.1. The first-order valence-electron chi connectivity index (χ1n) is 9.05.